The maximum atomic E-state index is 10.6. The summed E-state index contributed by atoms with van der Waals surface area (Å²) in [6.45, 7) is 1.89. The molecule has 1 fully saturated rings. The highest BCUT2D eigenvalue weighted by Crippen LogP contribution is 2.46. The zero-order chi connectivity index (χ0) is 7.90. The molecule has 11 heavy (non-hydrogen) atoms. The topological polar surface area (TPSA) is 30.2 Å². The molecule has 58 valence electrons. The molecule has 0 spiro atoms. The van der Waals surface area contributed by atoms with Crippen molar-refractivity contribution in [2.75, 3.05) is 0 Å². The first kappa shape index (κ1) is 6.65. The number of carbonyl (C=O) groups excluding carboxylic acids is 1. The lowest BCUT2D eigenvalue weighted by atomic mass is 10.1. The van der Waals surface area contributed by atoms with Gasteiger partial charge >= 0.3 is 0 Å². The lowest BCUT2D eigenvalue weighted by Crippen LogP contribution is -2.05. The highest BCUT2D eigenvalue weighted by atomic mass is 16.3. The van der Waals surface area contributed by atoms with E-state index in [1.165, 1.54) is 0 Å². The maximum absolute atomic E-state index is 10.6. The summed E-state index contributed by atoms with van der Waals surface area (Å²) in [5, 5.41) is 0. The molecule has 2 rings (SSSR count). The molecule has 1 aliphatic carbocycles. The minimum atomic E-state index is -0.242. The molecular formula is C9H10O2. The molecule has 0 radical (unpaired) electrons. The van der Waals surface area contributed by atoms with Crippen LogP contribution in [0.2, 0.25) is 0 Å². The summed E-state index contributed by atoms with van der Waals surface area (Å²) < 4.78 is 5.37. The first-order valence-corrected chi connectivity index (χ1v) is 3.80. The number of hydrogen-bond donors (Lipinski definition) is 0. The van der Waals surface area contributed by atoms with Crippen LogP contribution in [0.5, 0.6) is 0 Å². The third-order valence-corrected chi connectivity index (χ3v) is 2.25. The predicted molar refractivity (Wildman–Crippen MR) is 40.4 cm³/mol. The van der Waals surface area contributed by atoms with Gasteiger partial charge in [0.05, 0.1) is 5.41 Å². The van der Waals surface area contributed by atoms with Crippen LogP contribution in [0, 0.1) is 6.92 Å². The number of carbonyl (C=O) groups is 1. The van der Waals surface area contributed by atoms with E-state index in [9.17, 15) is 4.79 Å². The summed E-state index contributed by atoms with van der Waals surface area (Å²) in [6, 6.07) is 3.80. The minimum Gasteiger partial charge on any atom is -0.465 e. The Balaban J connectivity index is 2.36. The Kier molecular flexibility index (Phi) is 1.19. The third-order valence-electron chi connectivity index (χ3n) is 2.25. The molecule has 0 amide bonds. The van der Waals surface area contributed by atoms with Gasteiger partial charge in [-0.15, -0.1) is 0 Å². The van der Waals surface area contributed by atoms with Gasteiger partial charge in [-0.05, 0) is 31.9 Å². The highest BCUT2D eigenvalue weighted by Gasteiger charge is 2.47. The molecule has 0 bridgehead atoms. The van der Waals surface area contributed by atoms with E-state index >= 15 is 0 Å². The van der Waals surface area contributed by atoms with Crippen LogP contribution in [-0.2, 0) is 10.2 Å². The second-order valence-electron chi connectivity index (χ2n) is 3.18. The molecule has 0 aliphatic heterocycles. The van der Waals surface area contributed by atoms with E-state index in [0.717, 1.165) is 30.6 Å². The number of aryl methyl sites for hydroxylation is 1. The van der Waals surface area contributed by atoms with Crippen LogP contribution in [0.3, 0.4) is 0 Å². The number of furan rings is 1. The van der Waals surface area contributed by atoms with Gasteiger partial charge in [-0.25, -0.2) is 0 Å². The van der Waals surface area contributed by atoms with E-state index in [2.05, 4.69) is 0 Å². The fourth-order valence-electron chi connectivity index (χ4n) is 1.26. The maximum Gasteiger partial charge on any atom is 0.133 e. The fraction of sp³-hybridized carbons (Fsp3) is 0.444. The number of rotatable bonds is 2. The van der Waals surface area contributed by atoms with Crippen molar-refractivity contribution in [1.29, 1.82) is 0 Å². The molecule has 1 aliphatic rings. The van der Waals surface area contributed by atoms with Crippen molar-refractivity contribution < 1.29 is 9.21 Å². The lowest BCUT2D eigenvalue weighted by Gasteiger charge is -1.99. The quantitative estimate of drug-likeness (QED) is 0.602. The SMILES string of the molecule is Cc1ccc(C2(C=O)CC2)o1. The van der Waals surface area contributed by atoms with Gasteiger partial charge in [0, 0.05) is 0 Å². The molecule has 2 heteroatoms. The summed E-state index contributed by atoms with van der Waals surface area (Å²) in [5.74, 6) is 1.72. The number of hydrogen-bond acceptors (Lipinski definition) is 2. The standard InChI is InChI=1S/C9H10O2/c1-7-2-3-8(11-7)9(6-10)4-5-9/h2-3,6H,4-5H2,1H3. The van der Waals surface area contributed by atoms with Gasteiger partial charge in [0.2, 0.25) is 0 Å². The van der Waals surface area contributed by atoms with Crippen molar-refractivity contribution in [3.05, 3.63) is 23.7 Å². The van der Waals surface area contributed by atoms with Crippen molar-refractivity contribution in [3.8, 4) is 0 Å². The molecule has 0 N–H and O–H groups in total. The van der Waals surface area contributed by atoms with Crippen LogP contribution >= 0.6 is 0 Å². The zero-order valence-corrected chi connectivity index (χ0v) is 6.46. The Morgan fingerprint density at radius 1 is 1.55 bits per heavy atom. The third kappa shape index (κ3) is 0.897. The van der Waals surface area contributed by atoms with Crippen LogP contribution in [-0.4, -0.2) is 6.29 Å². The van der Waals surface area contributed by atoms with Gasteiger partial charge in [-0.3, -0.25) is 0 Å². The van der Waals surface area contributed by atoms with E-state index in [4.69, 9.17) is 4.42 Å². The molecule has 0 aromatic carbocycles. The summed E-state index contributed by atoms with van der Waals surface area (Å²) >= 11 is 0. The van der Waals surface area contributed by atoms with Crippen LogP contribution in [0.4, 0.5) is 0 Å². The van der Waals surface area contributed by atoms with E-state index in [1.807, 2.05) is 19.1 Å². The number of aldehydes is 1. The smallest absolute Gasteiger partial charge is 0.133 e. The van der Waals surface area contributed by atoms with Gasteiger partial charge in [0.25, 0.3) is 0 Å². The molecule has 1 aromatic rings. The highest BCUT2D eigenvalue weighted by molar-refractivity contribution is 5.71. The van der Waals surface area contributed by atoms with Crippen molar-refractivity contribution >= 4 is 6.29 Å². The van der Waals surface area contributed by atoms with E-state index < -0.39 is 0 Å². The Bertz CT molecular complexity index is 282. The first-order chi connectivity index (χ1) is 5.27. The molecule has 1 saturated carbocycles. The van der Waals surface area contributed by atoms with Gasteiger partial charge in [0.15, 0.2) is 0 Å². The summed E-state index contributed by atoms with van der Waals surface area (Å²) in [5.41, 5.74) is -0.242. The van der Waals surface area contributed by atoms with Crippen LogP contribution < -0.4 is 0 Å². The first-order valence-electron chi connectivity index (χ1n) is 3.80. The van der Waals surface area contributed by atoms with E-state index in [1.54, 1.807) is 0 Å². The van der Waals surface area contributed by atoms with Crippen molar-refractivity contribution in [2.24, 2.45) is 0 Å². The monoisotopic (exact) mass is 150 g/mol. The molecule has 0 atom stereocenters. The average molecular weight is 150 g/mol. The Labute approximate surface area is 65.2 Å². The Morgan fingerprint density at radius 3 is 2.64 bits per heavy atom. The normalized spacial score (nSPS) is 19.7. The van der Waals surface area contributed by atoms with Crippen molar-refractivity contribution in [2.45, 2.75) is 25.2 Å². The van der Waals surface area contributed by atoms with Gasteiger partial charge in [-0.2, -0.15) is 0 Å². The van der Waals surface area contributed by atoms with Gasteiger partial charge in [-0.1, -0.05) is 0 Å². The van der Waals surface area contributed by atoms with Gasteiger partial charge < -0.3 is 9.21 Å². The summed E-state index contributed by atoms with van der Waals surface area (Å²) in [6.07, 6.45) is 2.90. The van der Waals surface area contributed by atoms with E-state index in [0.29, 0.717) is 0 Å². The predicted octanol–water partition coefficient (Wildman–Crippen LogP) is 1.82. The van der Waals surface area contributed by atoms with Crippen LogP contribution in [0.25, 0.3) is 0 Å². The Hall–Kier alpha value is -1.05. The molecular weight excluding hydrogens is 140 g/mol. The summed E-state index contributed by atoms with van der Waals surface area (Å²) in [7, 11) is 0. The molecule has 0 saturated heterocycles. The second-order valence-corrected chi connectivity index (χ2v) is 3.18. The molecule has 1 aromatic heterocycles. The van der Waals surface area contributed by atoms with Crippen molar-refractivity contribution in [3.63, 3.8) is 0 Å². The van der Waals surface area contributed by atoms with Crippen LogP contribution in [0.15, 0.2) is 16.5 Å². The molecule has 1 heterocycles. The fourth-order valence-corrected chi connectivity index (χ4v) is 1.26. The van der Waals surface area contributed by atoms with Crippen LogP contribution in [0.1, 0.15) is 24.4 Å². The lowest BCUT2D eigenvalue weighted by molar-refractivity contribution is -0.110. The Morgan fingerprint density at radius 2 is 2.27 bits per heavy atom. The second kappa shape index (κ2) is 1.97. The largest absolute Gasteiger partial charge is 0.465 e. The molecule has 2 nitrogen and oxygen atoms in total. The summed E-state index contributed by atoms with van der Waals surface area (Å²) in [4.78, 5) is 10.6. The minimum absolute atomic E-state index is 0.242. The zero-order valence-electron chi connectivity index (χ0n) is 6.46. The molecule has 0 unspecified atom stereocenters. The average Bonchev–Trinajstić information content (AvgIpc) is 2.70. The van der Waals surface area contributed by atoms with Crippen molar-refractivity contribution in [1.82, 2.24) is 0 Å². The van der Waals surface area contributed by atoms with Gasteiger partial charge in [0.1, 0.15) is 17.8 Å². The van der Waals surface area contributed by atoms with E-state index in [-0.39, 0.29) is 5.41 Å².